The topological polar surface area (TPSA) is 46.9 Å². The van der Waals surface area contributed by atoms with Gasteiger partial charge in [-0.2, -0.15) is 0 Å². The van der Waals surface area contributed by atoms with Crippen LogP contribution in [0.25, 0.3) is 11.3 Å². The smallest absolute Gasteiger partial charge is 0.257 e. The van der Waals surface area contributed by atoms with Crippen LogP contribution in [-0.2, 0) is 7.05 Å². The molecule has 110 valence electrons. The van der Waals surface area contributed by atoms with Crippen LogP contribution in [0.5, 0.6) is 0 Å². The summed E-state index contributed by atoms with van der Waals surface area (Å²) in [5, 5.41) is 2.85. The first kappa shape index (κ1) is 14.1. The third-order valence-corrected chi connectivity index (χ3v) is 3.49. The van der Waals surface area contributed by atoms with Gasteiger partial charge in [0.2, 0.25) is 5.95 Å². The zero-order valence-electron chi connectivity index (χ0n) is 12.6. The summed E-state index contributed by atoms with van der Waals surface area (Å²) < 4.78 is 1.81. The Bertz CT molecular complexity index is 789. The lowest BCUT2D eigenvalue weighted by Gasteiger charge is -2.04. The van der Waals surface area contributed by atoms with E-state index in [-0.39, 0.29) is 5.91 Å². The summed E-state index contributed by atoms with van der Waals surface area (Å²) in [5.74, 6) is 0.373. The number of carbonyl (C=O) groups excluding carboxylic acids is 1. The number of nitrogens with one attached hydrogen (secondary N) is 1. The molecule has 0 spiro atoms. The lowest BCUT2D eigenvalue weighted by molar-refractivity contribution is 0.102. The molecule has 0 aliphatic heterocycles. The molecule has 0 saturated carbocycles. The van der Waals surface area contributed by atoms with Gasteiger partial charge in [0, 0.05) is 24.4 Å². The summed E-state index contributed by atoms with van der Waals surface area (Å²) >= 11 is 0. The predicted molar refractivity (Wildman–Crippen MR) is 87.8 cm³/mol. The van der Waals surface area contributed by atoms with Gasteiger partial charge >= 0.3 is 0 Å². The highest BCUT2D eigenvalue weighted by Gasteiger charge is 2.11. The largest absolute Gasteiger partial charge is 0.320 e. The lowest BCUT2D eigenvalue weighted by atomic mass is 10.1. The number of nitrogens with zero attached hydrogens (tertiary/aromatic N) is 2. The first-order valence-electron chi connectivity index (χ1n) is 7.10. The molecule has 22 heavy (non-hydrogen) atoms. The van der Waals surface area contributed by atoms with E-state index < -0.39 is 0 Å². The van der Waals surface area contributed by atoms with Crippen LogP contribution in [0.15, 0.2) is 60.8 Å². The second kappa shape index (κ2) is 5.85. The molecule has 4 nitrogen and oxygen atoms in total. The predicted octanol–water partition coefficient (Wildman–Crippen LogP) is 3.65. The highest BCUT2D eigenvalue weighted by atomic mass is 16.1. The van der Waals surface area contributed by atoms with Gasteiger partial charge in [-0.15, -0.1) is 0 Å². The Morgan fingerprint density at radius 1 is 1.05 bits per heavy atom. The quantitative estimate of drug-likeness (QED) is 0.800. The number of rotatable bonds is 3. The highest BCUT2D eigenvalue weighted by molar-refractivity contribution is 6.03. The van der Waals surface area contributed by atoms with Crippen LogP contribution in [0, 0.1) is 6.92 Å². The highest BCUT2D eigenvalue weighted by Crippen LogP contribution is 2.20. The van der Waals surface area contributed by atoms with Crippen molar-refractivity contribution in [2.75, 3.05) is 5.32 Å². The SMILES string of the molecule is Cc1ccc(C(=O)Nc2nc(-c3ccccc3)cn2C)cc1. The molecule has 0 bridgehead atoms. The van der Waals surface area contributed by atoms with E-state index in [0.717, 1.165) is 16.8 Å². The average molecular weight is 291 g/mol. The minimum absolute atomic E-state index is 0.159. The zero-order chi connectivity index (χ0) is 15.5. The molecule has 1 N–H and O–H groups in total. The first-order chi connectivity index (χ1) is 10.6. The Kier molecular flexibility index (Phi) is 3.74. The van der Waals surface area contributed by atoms with Crippen LogP contribution >= 0.6 is 0 Å². The minimum atomic E-state index is -0.159. The van der Waals surface area contributed by atoms with Gasteiger partial charge in [0.15, 0.2) is 0 Å². The third-order valence-electron chi connectivity index (χ3n) is 3.49. The van der Waals surface area contributed by atoms with E-state index in [0.29, 0.717) is 11.5 Å². The van der Waals surface area contributed by atoms with Crippen molar-refractivity contribution in [1.82, 2.24) is 9.55 Å². The maximum atomic E-state index is 12.3. The first-order valence-corrected chi connectivity index (χ1v) is 7.10. The summed E-state index contributed by atoms with van der Waals surface area (Å²) in [4.78, 5) is 16.8. The van der Waals surface area contributed by atoms with Crippen LogP contribution in [0.4, 0.5) is 5.95 Å². The van der Waals surface area contributed by atoms with E-state index in [4.69, 9.17) is 0 Å². The molecule has 1 amide bonds. The molecule has 1 heterocycles. The molecule has 0 atom stereocenters. The van der Waals surface area contributed by atoms with E-state index in [1.807, 2.05) is 79.3 Å². The van der Waals surface area contributed by atoms with Gasteiger partial charge in [0.25, 0.3) is 5.91 Å². The molecule has 4 heteroatoms. The number of anilines is 1. The third kappa shape index (κ3) is 2.91. The van der Waals surface area contributed by atoms with Crippen molar-refractivity contribution in [2.24, 2.45) is 7.05 Å². The van der Waals surface area contributed by atoms with Crippen molar-refractivity contribution in [2.45, 2.75) is 6.92 Å². The van der Waals surface area contributed by atoms with E-state index in [2.05, 4.69) is 10.3 Å². The van der Waals surface area contributed by atoms with E-state index in [9.17, 15) is 4.79 Å². The molecule has 0 aliphatic rings. The van der Waals surface area contributed by atoms with Crippen LogP contribution in [-0.4, -0.2) is 15.5 Å². The van der Waals surface area contributed by atoms with Crippen molar-refractivity contribution in [3.8, 4) is 11.3 Å². The number of amides is 1. The molecular formula is C18H17N3O. The average Bonchev–Trinajstić information content (AvgIpc) is 2.90. The van der Waals surface area contributed by atoms with Gasteiger partial charge in [-0.05, 0) is 19.1 Å². The van der Waals surface area contributed by atoms with Gasteiger partial charge in [-0.1, -0.05) is 48.0 Å². The summed E-state index contributed by atoms with van der Waals surface area (Å²) in [6, 6.07) is 17.3. The fourth-order valence-corrected chi connectivity index (χ4v) is 2.21. The van der Waals surface area contributed by atoms with Gasteiger partial charge in [0.05, 0.1) is 5.69 Å². The molecule has 0 fully saturated rings. The van der Waals surface area contributed by atoms with Crippen LogP contribution in [0.1, 0.15) is 15.9 Å². The second-order valence-electron chi connectivity index (χ2n) is 5.25. The summed E-state index contributed by atoms with van der Waals surface area (Å²) in [6.07, 6.45) is 1.90. The molecule has 3 rings (SSSR count). The number of carbonyl (C=O) groups is 1. The monoisotopic (exact) mass is 291 g/mol. The van der Waals surface area contributed by atoms with Gasteiger partial charge in [0.1, 0.15) is 0 Å². The molecule has 2 aromatic carbocycles. The number of benzene rings is 2. The zero-order valence-corrected chi connectivity index (χ0v) is 12.6. The fourth-order valence-electron chi connectivity index (χ4n) is 2.21. The molecular weight excluding hydrogens is 274 g/mol. The second-order valence-corrected chi connectivity index (χ2v) is 5.25. The molecule has 0 radical (unpaired) electrons. The number of aromatic nitrogens is 2. The minimum Gasteiger partial charge on any atom is -0.320 e. The van der Waals surface area contributed by atoms with E-state index >= 15 is 0 Å². The van der Waals surface area contributed by atoms with E-state index in [1.165, 1.54) is 0 Å². The number of hydrogen-bond donors (Lipinski definition) is 1. The van der Waals surface area contributed by atoms with Crippen LogP contribution in [0.2, 0.25) is 0 Å². The van der Waals surface area contributed by atoms with Crippen LogP contribution < -0.4 is 5.32 Å². The Hall–Kier alpha value is -2.88. The Balaban J connectivity index is 1.82. The molecule has 3 aromatic rings. The Labute approximate surface area is 129 Å². The Morgan fingerprint density at radius 2 is 1.73 bits per heavy atom. The van der Waals surface area contributed by atoms with Gasteiger partial charge in [-0.3, -0.25) is 10.1 Å². The number of imidazole rings is 1. The summed E-state index contributed by atoms with van der Waals surface area (Å²) in [6.45, 7) is 1.99. The molecule has 0 aliphatic carbocycles. The summed E-state index contributed by atoms with van der Waals surface area (Å²) in [7, 11) is 1.87. The normalized spacial score (nSPS) is 10.5. The molecule has 0 saturated heterocycles. The molecule has 1 aromatic heterocycles. The van der Waals surface area contributed by atoms with Gasteiger partial charge in [-0.25, -0.2) is 4.98 Å². The van der Waals surface area contributed by atoms with Crippen molar-refractivity contribution in [3.05, 3.63) is 71.9 Å². The maximum absolute atomic E-state index is 12.3. The van der Waals surface area contributed by atoms with Crippen molar-refractivity contribution < 1.29 is 4.79 Å². The standard InChI is InChI=1S/C18H17N3O/c1-13-8-10-15(11-9-13)17(22)20-18-19-16(12-21(18)2)14-6-4-3-5-7-14/h3-12H,1-2H3,(H,19,20,22). The van der Waals surface area contributed by atoms with Crippen LogP contribution in [0.3, 0.4) is 0 Å². The summed E-state index contributed by atoms with van der Waals surface area (Å²) in [5.41, 5.74) is 3.60. The maximum Gasteiger partial charge on any atom is 0.257 e. The number of hydrogen-bond acceptors (Lipinski definition) is 2. The lowest BCUT2D eigenvalue weighted by Crippen LogP contribution is -2.14. The van der Waals surface area contributed by atoms with E-state index in [1.54, 1.807) is 0 Å². The molecule has 0 unspecified atom stereocenters. The number of aryl methyl sites for hydroxylation is 2. The Morgan fingerprint density at radius 3 is 2.41 bits per heavy atom. The fraction of sp³-hybridized carbons (Fsp3) is 0.111. The van der Waals surface area contributed by atoms with Gasteiger partial charge < -0.3 is 4.57 Å². The van der Waals surface area contributed by atoms with Crippen molar-refractivity contribution in [3.63, 3.8) is 0 Å². The van der Waals surface area contributed by atoms with Crippen molar-refractivity contribution in [1.29, 1.82) is 0 Å². The van der Waals surface area contributed by atoms with Crippen molar-refractivity contribution >= 4 is 11.9 Å².